The van der Waals surface area contributed by atoms with Crippen molar-refractivity contribution in [2.75, 3.05) is 20.2 Å². The second-order valence-electron chi connectivity index (χ2n) is 6.64. The third-order valence-electron chi connectivity index (χ3n) is 4.55. The Hall–Kier alpha value is -0.120. The Morgan fingerprint density at radius 2 is 1.82 bits per heavy atom. The molecule has 1 fully saturated rings. The van der Waals surface area contributed by atoms with E-state index in [0.717, 1.165) is 13.0 Å². The summed E-state index contributed by atoms with van der Waals surface area (Å²) in [7, 11) is 2.04. The van der Waals surface area contributed by atoms with E-state index < -0.39 is 0 Å². The first-order valence-corrected chi connectivity index (χ1v) is 6.78. The van der Waals surface area contributed by atoms with Gasteiger partial charge in [0.05, 0.1) is 12.7 Å². The van der Waals surface area contributed by atoms with E-state index in [0.29, 0.717) is 17.8 Å². The number of hydrogen-bond donors (Lipinski definition) is 2. The Labute approximate surface area is 106 Å². The van der Waals surface area contributed by atoms with Crippen LogP contribution < -0.4 is 0 Å². The van der Waals surface area contributed by atoms with Crippen LogP contribution in [0.5, 0.6) is 0 Å². The van der Waals surface area contributed by atoms with Gasteiger partial charge in [-0.1, -0.05) is 13.8 Å². The van der Waals surface area contributed by atoms with Crippen molar-refractivity contribution in [3.8, 4) is 0 Å². The normalized spacial score (nSPS) is 35.3. The quantitative estimate of drug-likeness (QED) is 0.790. The maximum atomic E-state index is 10.2. The maximum absolute atomic E-state index is 10.2. The van der Waals surface area contributed by atoms with Gasteiger partial charge >= 0.3 is 0 Å². The van der Waals surface area contributed by atoms with Crippen LogP contribution in [-0.2, 0) is 0 Å². The van der Waals surface area contributed by atoms with E-state index in [4.69, 9.17) is 0 Å². The molecule has 17 heavy (non-hydrogen) atoms. The summed E-state index contributed by atoms with van der Waals surface area (Å²) in [5.41, 5.74) is -0.206. The molecule has 0 spiro atoms. The van der Waals surface area contributed by atoms with Gasteiger partial charge in [0.2, 0.25) is 0 Å². The van der Waals surface area contributed by atoms with Crippen LogP contribution in [0.2, 0.25) is 0 Å². The van der Waals surface area contributed by atoms with Crippen molar-refractivity contribution in [1.82, 2.24) is 4.90 Å². The SMILES string of the molecule is CC1CC(C)C(CN(C)C(C)(C)CO)C(O)C1. The molecule has 4 unspecified atom stereocenters. The highest BCUT2D eigenvalue weighted by atomic mass is 16.3. The molecule has 1 aliphatic rings. The molecule has 0 aromatic rings. The van der Waals surface area contributed by atoms with E-state index in [1.165, 1.54) is 6.42 Å². The zero-order chi connectivity index (χ0) is 13.2. The molecule has 0 aromatic carbocycles. The number of aliphatic hydroxyl groups is 2. The number of aliphatic hydroxyl groups excluding tert-OH is 2. The van der Waals surface area contributed by atoms with Crippen LogP contribution in [0.15, 0.2) is 0 Å². The van der Waals surface area contributed by atoms with Gasteiger partial charge in [0.1, 0.15) is 0 Å². The molecule has 3 heteroatoms. The van der Waals surface area contributed by atoms with Crippen LogP contribution in [0, 0.1) is 17.8 Å². The van der Waals surface area contributed by atoms with Crippen LogP contribution in [0.1, 0.15) is 40.5 Å². The first kappa shape index (κ1) is 14.9. The molecule has 1 rings (SSSR count). The van der Waals surface area contributed by atoms with Crippen LogP contribution >= 0.6 is 0 Å². The number of likely N-dealkylation sites (N-methyl/N-ethyl adjacent to an activating group) is 1. The topological polar surface area (TPSA) is 43.7 Å². The summed E-state index contributed by atoms with van der Waals surface area (Å²) >= 11 is 0. The van der Waals surface area contributed by atoms with Gasteiger partial charge in [-0.25, -0.2) is 0 Å². The summed E-state index contributed by atoms with van der Waals surface area (Å²) in [6, 6.07) is 0. The lowest BCUT2D eigenvalue weighted by atomic mass is 9.73. The number of rotatable bonds is 4. The molecule has 0 bridgehead atoms. The first-order valence-electron chi connectivity index (χ1n) is 6.78. The van der Waals surface area contributed by atoms with E-state index >= 15 is 0 Å². The summed E-state index contributed by atoms with van der Waals surface area (Å²) in [5, 5.41) is 19.6. The number of nitrogens with zero attached hydrogens (tertiary/aromatic N) is 1. The van der Waals surface area contributed by atoms with Gasteiger partial charge in [-0.2, -0.15) is 0 Å². The summed E-state index contributed by atoms with van der Waals surface area (Å²) < 4.78 is 0. The predicted octanol–water partition coefficient (Wildman–Crippen LogP) is 1.73. The smallest absolute Gasteiger partial charge is 0.0609 e. The maximum Gasteiger partial charge on any atom is 0.0609 e. The van der Waals surface area contributed by atoms with Gasteiger partial charge in [0.15, 0.2) is 0 Å². The second-order valence-corrected chi connectivity index (χ2v) is 6.64. The van der Waals surface area contributed by atoms with Crippen LogP contribution in [0.3, 0.4) is 0 Å². The van der Waals surface area contributed by atoms with E-state index in [1.54, 1.807) is 0 Å². The predicted molar refractivity (Wildman–Crippen MR) is 70.9 cm³/mol. The molecular formula is C14H29NO2. The zero-order valence-electron chi connectivity index (χ0n) is 12.0. The van der Waals surface area contributed by atoms with Crippen LogP contribution in [0.25, 0.3) is 0 Å². The summed E-state index contributed by atoms with van der Waals surface area (Å²) in [6.45, 7) is 9.55. The van der Waals surface area contributed by atoms with Crippen molar-refractivity contribution in [3.63, 3.8) is 0 Å². The van der Waals surface area contributed by atoms with Crippen molar-refractivity contribution in [2.45, 2.75) is 52.2 Å². The fraction of sp³-hybridized carbons (Fsp3) is 1.00. The standard InChI is InChI=1S/C14H29NO2/c1-10-6-11(2)12(13(17)7-10)8-15(5)14(3,4)9-16/h10-13,16-17H,6-9H2,1-5H3. The third-order valence-corrected chi connectivity index (χ3v) is 4.55. The highest BCUT2D eigenvalue weighted by Crippen LogP contribution is 2.34. The van der Waals surface area contributed by atoms with Crippen molar-refractivity contribution >= 4 is 0 Å². The van der Waals surface area contributed by atoms with Gasteiger partial charge in [0.25, 0.3) is 0 Å². The molecule has 2 N–H and O–H groups in total. The molecule has 0 aromatic heterocycles. The number of hydrogen-bond acceptors (Lipinski definition) is 3. The van der Waals surface area contributed by atoms with Gasteiger partial charge in [-0.15, -0.1) is 0 Å². The molecule has 0 saturated heterocycles. The fourth-order valence-corrected chi connectivity index (χ4v) is 2.86. The second kappa shape index (κ2) is 5.68. The molecule has 1 saturated carbocycles. The average Bonchev–Trinajstić information content (AvgIpc) is 2.22. The first-order chi connectivity index (χ1) is 7.77. The Morgan fingerprint density at radius 1 is 1.24 bits per heavy atom. The Morgan fingerprint density at radius 3 is 2.29 bits per heavy atom. The lowest BCUT2D eigenvalue weighted by molar-refractivity contribution is -0.0219. The zero-order valence-corrected chi connectivity index (χ0v) is 12.0. The van der Waals surface area contributed by atoms with Gasteiger partial charge in [-0.3, -0.25) is 4.90 Å². The molecule has 3 nitrogen and oxygen atoms in total. The molecule has 0 aliphatic heterocycles. The molecule has 0 heterocycles. The van der Waals surface area contributed by atoms with E-state index in [1.807, 2.05) is 20.9 Å². The van der Waals surface area contributed by atoms with Gasteiger partial charge < -0.3 is 10.2 Å². The Bertz CT molecular complexity index is 230. The van der Waals surface area contributed by atoms with E-state index in [9.17, 15) is 10.2 Å². The lowest BCUT2D eigenvalue weighted by Gasteiger charge is -2.42. The monoisotopic (exact) mass is 243 g/mol. The minimum absolute atomic E-state index is 0.150. The average molecular weight is 243 g/mol. The van der Waals surface area contributed by atoms with Crippen molar-refractivity contribution < 1.29 is 10.2 Å². The minimum atomic E-state index is -0.206. The highest BCUT2D eigenvalue weighted by Gasteiger charge is 2.35. The van der Waals surface area contributed by atoms with Gasteiger partial charge in [-0.05, 0) is 45.6 Å². The van der Waals surface area contributed by atoms with E-state index in [-0.39, 0.29) is 18.2 Å². The van der Waals surface area contributed by atoms with Crippen LogP contribution in [0.4, 0.5) is 0 Å². The van der Waals surface area contributed by atoms with Crippen molar-refractivity contribution in [2.24, 2.45) is 17.8 Å². The summed E-state index contributed by atoms with van der Waals surface area (Å²) in [6.07, 6.45) is 1.93. The van der Waals surface area contributed by atoms with Crippen LogP contribution in [-0.4, -0.2) is 47.0 Å². The largest absolute Gasteiger partial charge is 0.394 e. The minimum Gasteiger partial charge on any atom is -0.394 e. The summed E-state index contributed by atoms with van der Waals surface area (Å²) in [4.78, 5) is 2.17. The lowest BCUT2D eigenvalue weighted by Crippen LogP contribution is -2.50. The van der Waals surface area contributed by atoms with Crippen molar-refractivity contribution in [3.05, 3.63) is 0 Å². The molecular weight excluding hydrogens is 214 g/mol. The molecule has 102 valence electrons. The Kier molecular flexibility index (Phi) is 4.99. The Balaban J connectivity index is 2.61. The van der Waals surface area contributed by atoms with Crippen molar-refractivity contribution in [1.29, 1.82) is 0 Å². The van der Waals surface area contributed by atoms with E-state index in [2.05, 4.69) is 18.7 Å². The van der Waals surface area contributed by atoms with Gasteiger partial charge in [0, 0.05) is 18.0 Å². The summed E-state index contributed by atoms with van der Waals surface area (Å²) in [5.74, 6) is 1.53. The third kappa shape index (κ3) is 3.67. The molecule has 0 radical (unpaired) electrons. The fourth-order valence-electron chi connectivity index (χ4n) is 2.86. The highest BCUT2D eigenvalue weighted by molar-refractivity contribution is 4.87. The molecule has 1 aliphatic carbocycles. The molecule has 0 amide bonds. The molecule has 4 atom stereocenters.